The van der Waals surface area contributed by atoms with Gasteiger partial charge in [-0.3, -0.25) is 4.68 Å². The molecule has 0 aliphatic heterocycles. The lowest BCUT2D eigenvalue weighted by Gasteiger charge is -2.09. The molecule has 136 valence electrons. The first-order valence-electron chi connectivity index (χ1n) is 7.66. The first kappa shape index (κ1) is 17.7. The Labute approximate surface area is 146 Å². The highest BCUT2D eigenvalue weighted by atomic mass is 19.2. The van der Waals surface area contributed by atoms with Gasteiger partial charge in [0.15, 0.2) is 23.3 Å². The first-order chi connectivity index (χ1) is 12.6. The summed E-state index contributed by atoms with van der Waals surface area (Å²) in [7, 11) is 0. The van der Waals surface area contributed by atoms with E-state index in [2.05, 4.69) is 25.7 Å². The van der Waals surface area contributed by atoms with Crippen LogP contribution in [-0.4, -0.2) is 31.5 Å². The van der Waals surface area contributed by atoms with Gasteiger partial charge in [0.2, 0.25) is 5.95 Å². The molecule has 0 radical (unpaired) electrons. The molecule has 2 heterocycles. The van der Waals surface area contributed by atoms with Gasteiger partial charge in [-0.1, -0.05) is 12.1 Å². The van der Waals surface area contributed by atoms with Gasteiger partial charge in [-0.05, 0) is 6.07 Å². The molecule has 0 fully saturated rings. The van der Waals surface area contributed by atoms with Crippen molar-refractivity contribution in [2.45, 2.75) is 13.1 Å². The van der Waals surface area contributed by atoms with Gasteiger partial charge >= 0.3 is 0 Å². The van der Waals surface area contributed by atoms with Gasteiger partial charge in [-0.15, -0.1) is 0 Å². The lowest BCUT2D eigenvalue weighted by Crippen LogP contribution is -2.08. The van der Waals surface area contributed by atoms with E-state index >= 15 is 0 Å². The minimum absolute atomic E-state index is 0.0443. The van der Waals surface area contributed by atoms with Crippen LogP contribution in [0.5, 0.6) is 0 Å². The number of nitrogens with zero attached hydrogens (tertiary/aromatic N) is 4. The molecule has 3 N–H and O–H groups in total. The zero-order valence-electron chi connectivity index (χ0n) is 13.5. The van der Waals surface area contributed by atoms with Gasteiger partial charge in [-0.2, -0.15) is 10.1 Å². The maximum Gasteiger partial charge on any atom is 0.229 e. The Bertz CT molecular complexity index is 901. The summed E-state index contributed by atoms with van der Waals surface area (Å²) >= 11 is 0. The fraction of sp³-hybridized carbons (Fsp3) is 0.188. The number of nitrogens with one attached hydrogen (secondary N) is 2. The van der Waals surface area contributed by atoms with Crippen molar-refractivity contribution in [2.75, 3.05) is 17.2 Å². The van der Waals surface area contributed by atoms with Crippen molar-refractivity contribution in [1.82, 2.24) is 19.7 Å². The fourth-order valence-corrected chi connectivity index (χ4v) is 2.20. The Kier molecular flexibility index (Phi) is 5.32. The van der Waals surface area contributed by atoms with E-state index in [0.717, 1.165) is 12.3 Å². The SMILES string of the molecule is OCCn1cc(Nc2ncc(F)c(NCc3cccc(F)c3F)n2)cn1. The third-order valence-corrected chi connectivity index (χ3v) is 3.44. The molecule has 0 bridgehead atoms. The third-order valence-electron chi connectivity index (χ3n) is 3.44. The number of aromatic nitrogens is 4. The van der Waals surface area contributed by atoms with E-state index in [4.69, 9.17) is 5.11 Å². The van der Waals surface area contributed by atoms with Crippen molar-refractivity contribution in [2.24, 2.45) is 0 Å². The number of rotatable bonds is 7. The van der Waals surface area contributed by atoms with Crippen LogP contribution in [0.1, 0.15) is 5.56 Å². The fourth-order valence-electron chi connectivity index (χ4n) is 2.20. The normalized spacial score (nSPS) is 10.8. The average Bonchev–Trinajstić information content (AvgIpc) is 3.06. The van der Waals surface area contributed by atoms with Crippen molar-refractivity contribution >= 4 is 17.5 Å². The van der Waals surface area contributed by atoms with Gasteiger partial charge in [-0.25, -0.2) is 18.2 Å². The smallest absolute Gasteiger partial charge is 0.229 e. The van der Waals surface area contributed by atoms with Gasteiger partial charge in [0.1, 0.15) is 0 Å². The summed E-state index contributed by atoms with van der Waals surface area (Å²) in [6.45, 7) is 0.127. The van der Waals surface area contributed by atoms with Crippen molar-refractivity contribution in [3.8, 4) is 0 Å². The molecular weight excluding hydrogens is 349 g/mol. The molecule has 0 saturated carbocycles. The Hall–Kier alpha value is -3.14. The number of halogens is 3. The number of hydrogen-bond acceptors (Lipinski definition) is 6. The number of aliphatic hydroxyl groups excluding tert-OH is 1. The molecule has 0 atom stereocenters. The van der Waals surface area contributed by atoms with Crippen LogP contribution in [0.25, 0.3) is 0 Å². The monoisotopic (exact) mass is 364 g/mol. The Morgan fingerprint density at radius 1 is 1.12 bits per heavy atom. The molecular formula is C16H15F3N6O. The van der Waals surface area contributed by atoms with Crippen LogP contribution in [0.2, 0.25) is 0 Å². The van der Waals surface area contributed by atoms with Crippen LogP contribution in [0, 0.1) is 17.5 Å². The summed E-state index contributed by atoms with van der Waals surface area (Å²) in [6, 6.07) is 3.76. The predicted octanol–water partition coefficient (Wildman–Crippen LogP) is 2.44. The van der Waals surface area contributed by atoms with Crippen LogP contribution in [0.15, 0.2) is 36.8 Å². The molecule has 26 heavy (non-hydrogen) atoms. The third kappa shape index (κ3) is 4.09. The summed E-state index contributed by atoms with van der Waals surface area (Å²) in [6.07, 6.45) is 4.08. The number of anilines is 3. The van der Waals surface area contributed by atoms with Crippen molar-refractivity contribution in [3.63, 3.8) is 0 Å². The van der Waals surface area contributed by atoms with Crippen LogP contribution >= 0.6 is 0 Å². The molecule has 3 aromatic rings. The average molecular weight is 364 g/mol. The minimum atomic E-state index is -0.996. The Balaban J connectivity index is 1.71. The molecule has 0 saturated heterocycles. The molecule has 3 rings (SSSR count). The van der Waals surface area contributed by atoms with Gasteiger partial charge in [0.05, 0.1) is 31.2 Å². The molecule has 1 aromatic carbocycles. The quantitative estimate of drug-likeness (QED) is 0.597. The zero-order valence-corrected chi connectivity index (χ0v) is 13.5. The molecule has 7 nitrogen and oxygen atoms in total. The highest BCUT2D eigenvalue weighted by Gasteiger charge is 2.11. The number of benzene rings is 1. The molecule has 0 aliphatic rings. The lowest BCUT2D eigenvalue weighted by atomic mass is 10.2. The van der Waals surface area contributed by atoms with E-state index in [1.807, 2.05) is 0 Å². The molecule has 0 aliphatic carbocycles. The van der Waals surface area contributed by atoms with Crippen LogP contribution in [0.3, 0.4) is 0 Å². The summed E-state index contributed by atoms with van der Waals surface area (Å²) < 4.78 is 42.2. The van der Waals surface area contributed by atoms with E-state index in [0.29, 0.717) is 12.2 Å². The minimum Gasteiger partial charge on any atom is -0.394 e. The largest absolute Gasteiger partial charge is 0.394 e. The van der Waals surface area contributed by atoms with Crippen molar-refractivity contribution in [1.29, 1.82) is 0 Å². The second-order valence-electron chi connectivity index (χ2n) is 5.30. The predicted molar refractivity (Wildman–Crippen MR) is 88.3 cm³/mol. The molecule has 10 heteroatoms. The lowest BCUT2D eigenvalue weighted by molar-refractivity contribution is 0.269. The van der Waals surface area contributed by atoms with Crippen LogP contribution in [-0.2, 0) is 13.1 Å². The molecule has 0 amide bonds. The molecule has 2 aromatic heterocycles. The van der Waals surface area contributed by atoms with Gasteiger partial charge in [0.25, 0.3) is 0 Å². The second kappa shape index (κ2) is 7.83. The van der Waals surface area contributed by atoms with Crippen LogP contribution < -0.4 is 10.6 Å². The van der Waals surface area contributed by atoms with E-state index in [1.54, 1.807) is 6.20 Å². The van der Waals surface area contributed by atoms with E-state index in [-0.39, 0.29) is 30.5 Å². The summed E-state index contributed by atoms with van der Waals surface area (Å²) in [5, 5.41) is 18.3. The maximum atomic E-state index is 13.9. The molecule has 0 spiro atoms. The number of hydrogen-bond donors (Lipinski definition) is 3. The van der Waals surface area contributed by atoms with Gasteiger partial charge < -0.3 is 15.7 Å². The Morgan fingerprint density at radius 3 is 2.77 bits per heavy atom. The standard InChI is InChI=1S/C16H15F3N6O/c17-12-3-1-2-10(14(12)19)6-20-15-13(18)8-21-16(24-15)23-11-7-22-25(9-11)4-5-26/h1-3,7-9,26H,4-6H2,(H2,20,21,23,24). The maximum absolute atomic E-state index is 13.9. The van der Waals surface area contributed by atoms with E-state index in [9.17, 15) is 13.2 Å². The molecule has 0 unspecified atom stereocenters. The summed E-state index contributed by atoms with van der Waals surface area (Å²) in [4.78, 5) is 7.80. The summed E-state index contributed by atoms with van der Waals surface area (Å²) in [5.74, 6) is -2.77. The van der Waals surface area contributed by atoms with Crippen molar-refractivity contribution in [3.05, 3.63) is 59.8 Å². The van der Waals surface area contributed by atoms with E-state index < -0.39 is 17.5 Å². The first-order valence-corrected chi connectivity index (χ1v) is 7.66. The second-order valence-corrected chi connectivity index (χ2v) is 5.30. The Morgan fingerprint density at radius 2 is 1.96 bits per heavy atom. The van der Waals surface area contributed by atoms with Gasteiger partial charge in [0, 0.05) is 18.3 Å². The summed E-state index contributed by atoms with van der Waals surface area (Å²) in [5.41, 5.74) is 0.593. The zero-order chi connectivity index (χ0) is 18.5. The van der Waals surface area contributed by atoms with Crippen LogP contribution in [0.4, 0.5) is 30.6 Å². The van der Waals surface area contributed by atoms with Crippen molar-refractivity contribution < 1.29 is 18.3 Å². The highest BCUT2D eigenvalue weighted by molar-refractivity contribution is 5.52. The highest BCUT2D eigenvalue weighted by Crippen LogP contribution is 2.18. The topological polar surface area (TPSA) is 87.9 Å². The van der Waals surface area contributed by atoms with E-state index in [1.165, 1.54) is 23.0 Å². The number of aliphatic hydroxyl groups is 1.